The van der Waals surface area contributed by atoms with Crippen molar-refractivity contribution in [1.29, 1.82) is 0 Å². The predicted molar refractivity (Wildman–Crippen MR) is 62.5 cm³/mol. The van der Waals surface area contributed by atoms with Gasteiger partial charge >= 0.3 is 0 Å². The molecule has 1 aromatic rings. The summed E-state index contributed by atoms with van der Waals surface area (Å²) in [7, 11) is 1.40. The molecule has 7 heteroatoms. The third kappa shape index (κ3) is 3.59. The van der Waals surface area contributed by atoms with E-state index in [1.807, 2.05) is 0 Å². The Balaban J connectivity index is 2.76. The number of aliphatic hydroxyl groups is 2. The first-order chi connectivity index (χ1) is 8.60. The molecule has 18 heavy (non-hydrogen) atoms. The highest BCUT2D eigenvalue weighted by molar-refractivity contribution is 5.30. The van der Waals surface area contributed by atoms with Gasteiger partial charge in [-0.2, -0.15) is 0 Å². The molecular weight excluding hydrogens is 241 g/mol. The number of nitrogens with zero attached hydrogens (tertiary/aromatic N) is 3. The second-order valence-corrected chi connectivity index (χ2v) is 3.64. The summed E-state index contributed by atoms with van der Waals surface area (Å²) in [6.45, 7) is 0.0342. The van der Waals surface area contributed by atoms with Crippen LogP contribution in [-0.2, 0) is 0 Å². The van der Waals surface area contributed by atoms with Crippen molar-refractivity contribution < 1.29 is 19.3 Å². The molecule has 6 nitrogen and oxygen atoms in total. The molecule has 0 aliphatic carbocycles. The summed E-state index contributed by atoms with van der Waals surface area (Å²) < 4.78 is 18.4. The van der Waals surface area contributed by atoms with Crippen molar-refractivity contribution in [1.82, 2.24) is 0 Å². The number of ether oxygens (including phenoxy) is 1. The zero-order valence-corrected chi connectivity index (χ0v) is 9.82. The van der Waals surface area contributed by atoms with E-state index in [9.17, 15) is 14.6 Å². The second kappa shape index (κ2) is 6.80. The molecule has 2 atom stereocenters. The number of benzene rings is 1. The van der Waals surface area contributed by atoms with E-state index in [0.717, 1.165) is 6.07 Å². The van der Waals surface area contributed by atoms with Gasteiger partial charge in [-0.15, -0.1) is 0 Å². The lowest BCUT2D eigenvalue weighted by Crippen LogP contribution is -2.20. The van der Waals surface area contributed by atoms with Crippen LogP contribution < -0.4 is 4.74 Å². The fourth-order valence-corrected chi connectivity index (χ4v) is 1.47. The van der Waals surface area contributed by atoms with Crippen LogP contribution in [0.5, 0.6) is 5.75 Å². The molecule has 2 unspecified atom stereocenters. The number of aliphatic hydroxyl groups excluding tert-OH is 2. The van der Waals surface area contributed by atoms with Crippen LogP contribution >= 0.6 is 0 Å². The van der Waals surface area contributed by atoms with Gasteiger partial charge in [0.1, 0.15) is 17.7 Å². The first-order valence-electron chi connectivity index (χ1n) is 5.30. The summed E-state index contributed by atoms with van der Waals surface area (Å²) in [5, 5.41) is 22.6. The first kappa shape index (κ1) is 14.2. The lowest BCUT2D eigenvalue weighted by molar-refractivity contribution is 0.0129. The van der Waals surface area contributed by atoms with Gasteiger partial charge in [-0.05, 0) is 24.1 Å². The number of halogens is 1. The molecule has 0 radical (unpaired) electrons. The monoisotopic (exact) mass is 255 g/mol. The van der Waals surface area contributed by atoms with E-state index in [0.29, 0.717) is 5.75 Å². The summed E-state index contributed by atoms with van der Waals surface area (Å²) in [4.78, 5) is 2.52. The summed E-state index contributed by atoms with van der Waals surface area (Å²) >= 11 is 0. The summed E-state index contributed by atoms with van der Waals surface area (Å²) in [6, 6.07) is 3.95. The SMILES string of the molecule is COc1ccc(C(O)C(O)CCN=[N+]=[N-])c(F)c1. The zero-order valence-electron chi connectivity index (χ0n) is 9.82. The summed E-state index contributed by atoms with van der Waals surface area (Å²) in [6.07, 6.45) is -2.51. The van der Waals surface area contributed by atoms with Gasteiger partial charge in [0.2, 0.25) is 0 Å². The lowest BCUT2D eigenvalue weighted by Gasteiger charge is -2.18. The lowest BCUT2D eigenvalue weighted by atomic mass is 10.0. The highest BCUT2D eigenvalue weighted by Crippen LogP contribution is 2.25. The maximum absolute atomic E-state index is 13.6. The third-order valence-electron chi connectivity index (χ3n) is 2.48. The molecule has 0 aliphatic rings. The second-order valence-electron chi connectivity index (χ2n) is 3.64. The molecule has 0 fully saturated rings. The van der Waals surface area contributed by atoms with Gasteiger partial charge in [-0.25, -0.2) is 4.39 Å². The van der Waals surface area contributed by atoms with Crippen LogP contribution in [0.25, 0.3) is 10.4 Å². The maximum atomic E-state index is 13.6. The molecule has 1 aromatic carbocycles. The molecule has 1 rings (SSSR count). The topological polar surface area (TPSA) is 98.5 Å². The Labute approximate surface area is 103 Å². The van der Waals surface area contributed by atoms with E-state index in [4.69, 9.17) is 10.3 Å². The van der Waals surface area contributed by atoms with Crippen molar-refractivity contribution in [3.05, 3.63) is 40.0 Å². The van der Waals surface area contributed by atoms with Crippen molar-refractivity contribution in [2.75, 3.05) is 13.7 Å². The molecule has 0 amide bonds. The fraction of sp³-hybridized carbons (Fsp3) is 0.455. The molecule has 0 bridgehead atoms. The van der Waals surface area contributed by atoms with Crippen molar-refractivity contribution in [2.24, 2.45) is 5.11 Å². The summed E-state index contributed by atoms with van der Waals surface area (Å²) in [5.74, 6) is -0.336. The van der Waals surface area contributed by atoms with E-state index in [-0.39, 0.29) is 18.5 Å². The van der Waals surface area contributed by atoms with Crippen LogP contribution in [0.1, 0.15) is 18.1 Å². The Kier molecular flexibility index (Phi) is 5.38. The number of methoxy groups -OCH3 is 1. The smallest absolute Gasteiger partial charge is 0.132 e. The Morgan fingerprint density at radius 3 is 2.78 bits per heavy atom. The Hall–Kier alpha value is -1.82. The molecule has 98 valence electrons. The molecule has 0 aliphatic heterocycles. The average molecular weight is 255 g/mol. The zero-order chi connectivity index (χ0) is 13.5. The van der Waals surface area contributed by atoms with Gasteiger partial charge in [0, 0.05) is 23.1 Å². The van der Waals surface area contributed by atoms with Crippen LogP contribution in [0.4, 0.5) is 4.39 Å². The molecule has 0 heterocycles. The van der Waals surface area contributed by atoms with Gasteiger partial charge in [-0.1, -0.05) is 5.11 Å². The van der Waals surface area contributed by atoms with Crippen LogP contribution in [0, 0.1) is 5.82 Å². The van der Waals surface area contributed by atoms with Gasteiger partial charge in [0.25, 0.3) is 0 Å². The number of hydrogen-bond donors (Lipinski definition) is 2. The van der Waals surface area contributed by atoms with E-state index in [2.05, 4.69) is 10.0 Å². The maximum Gasteiger partial charge on any atom is 0.132 e. The standard InChI is InChI=1S/C11H14FN3O3/c1-18-7-2-3-8(9(12)6-7)11(17)10(16)4-5-14-15-13/h2-3,6,10-11,16-17H,4-5H2,1H3. The Bertz CT molecular complexity index is 449. The summed E-state index contributed by atoms with van der Waals surface area (Å²) in [5.41, 5.74) is 8.05. The quantitative estimate of drug-likeness (QED) is 0.461. The minimum absolute atomic E-state index is 0.0239. The normalized spacial score (nSPS) is 13.6. The molecule has 0 saturated heterocycles. The number of rotatable bonds is 6. The molecule has 2 N–H and O–H groups in total. The fourth-order valence-electron chi connectivity index (χ4n) is 1.47. The van der Waals surface area contributed by atoms with E-state index in [1.165, 1.54) is 19.2 Å². The number of hydrogen-bond acceptors (Lipinski definition) is 4. The highest BCUT2D eigenvalue weighted by Gasteiger charge is 2.21. The van der Waals surface area contributed by atoms with E-state index < -0.39 is 18.0 Å². The van der Waals surface area contributed by atoms with Crippen LogP contribution in [0.15, 0.2) is 23.3 Å². The molecular formula is C11H14FN3O3. The Morgan fingerprint density at radius 2 is 2.22 bits per heavy atom. The largest absolute Gasteiger partial charge is 0.497 e. The first-order valence-corrected chi connectivity index (χ1v) is 5.30. The van der Waals surface area contributed by atoms with Crippen molar-refractivity contribution in [3.8, 4) is 5.75 Å². The van der Waals surface area contributed by atoms with Gasteiger partial charge in [-0.3, -0.25) is 0 Å². The molecule has 0 aromatic heterocycles. The molecule has 0 saturated carbocycles. The van der Waals surface area contributed by atoms with Gasteiger partial charge in [0.15, 0.2) is 0 Å². The average Bonchev–Trinajstić information content (AvgIpc) is 2.38. The van der Waals surface area contributed by atoms with Crippen molar-refractivity contribution in [3.63, 3.8) is 0 Å². The number of azide groups is 1. The van der Waals surface area contributed by atoms with Gasteiger partial charge in [0.05, 0.1) is 13.2 Å². The van der Waals surface area contributed by atoms with E-state index >= 15 is 0 Å². The van der Waals surface area contributed by atoms with Crippen LogP contribution in [0.2, 0.25) is 0 Å². The molecule has 0 spiro atoms. The van der Waals surface area contributed by atoms with Crippen LogP contribution in [-0.4, -0.2) is 30.0 Å². The van der Waals surface area contributed by atoms with E-state index in [1.54, 1.807) is 0 Å². The Morgan fingerprint density at radius 1 is 1.50 bits per heavy atom. The highest BCUT2D eigenvalue weighted by atomic mass is 19.1. The predicted octanol–water partition coefficient (Wildman–Crippen LogP) is 1.93. The van der Waals surface area contributed by atoms with Crippen molar-refractivity contribution in [2.45, 2.75) is 18.6 Å². The minimum Gasteiger partial charge on any atom is -0.497 e. The minimum atomic E-state index is -1.37. The van der Waals surface area contributed by atoms with Crippen LogP contribution in [0.3, 0.4) is 0 Å². The van der Waals surface area contributed by atoms with Gasteiger partial charge < -0.3 is 14.9 Å². The third-order valence-corrected chi connectivity index (χ3v) is 2.48. The van der Waals surface area contributed by atoms with Crippen molar-refractivity contribution >= 4 is 0 Å².